The van der Waals surface area contributed by atoms with Crippen LogP contribution in [-0.4, -0.2) is 24.2 Å². The monoisotopic (exact) mass is 341 g/mol. The zero-order chi connectivity index (χ0) is 14.8. The quantitative estimate of drug-likeness (QED) is 0.882. The van der Waals surface area contributed by atoms with Gasteiger partial charge in [-0.05, 0) is 40.0 Å². The highest BCUT2D eigenvalue weighted by Crippen LogP contribution is 2.41. The van der Waals surface area contributed by atoms with E-state index in [2.05, 4.69) is 15.9 Å². The highest BCUT2D eigenvalue weighted by molar-refractivity contribution is 9.10. The number of carboxylic acids is 1. The van der Waals surface area contributed by atoms with Crippen LogP contribution in [0.3, 0.4) is 0 Å². The van der Waals surface area contributed by atoms with Crippen molar-refractivity contribution in [2.45, 2.75) is 18.6 Å². The van der Waals surface area contributed by atoms with Gasteiger partial charge in [-0.3, -0.25) is 4.79 Å². The summed E-state index contributed by atoms with van der Waals surface area (Å²) in [5, 5.41) is 8.66. The predicted molar refractivity (Wildman–Crippen MR) is 65.0 cm³/mol. The molecule has 0 amide bonds. The second kappa shape index (κ2) is 5.79. The van der Waals surface area contributed by atoms with Gasteiger partial charge in [-0.2, -0.15) is 13.2 Å². The van der Waals surface area contributed by atoms with Gasteiger partial charge in [0.25, 0.3) is 0 Å². The molecule has 1 aromatic carbocycles. The van der Waals surface area contributed by atoms with Crippen LogP contribution in [-0.2, 0) is 17.4 Å². The van der Waals surface area contributed by atoms with E-state index in [1.54, 1.807) is 0 Å². The molecule has 0 saturated heterocycles. The molecule has 1 atom stereocenters. The molecule has 1 aromatic rings. The van der Waals surface area contributed by atoms with Crippen LogP contribution in [0, 0.1) is 0 Å². The number of hydrogen-bond acceptors (Lipinski definition) is 3. The molecule has 3 N–H and O–H groups in total. The lowest BCUT2D eigenvalue weighted by molar-refractivity contribution is -0.139. The van der Waals surface area contributed by atoms with Crippen molar-refractivity contribution in [3.05, 3.63) is 27.7 Å². The van der Waals surface area contributed by atoms with Gasteiger partial charge in [0.2, 0.25) is 0 Å². The molecule has 1 rings (SSSR count). The largest absolute Gasteiger partial charge is 0.495 e. The maximum absolute atomic E-state index is 12.8. The molecule has 8 heteroatoms. The van der Waals surface area contributed by atoms with Gasteiger partial charge in [0.05, 0.1) is 17.1 Å². The molecule has 0 aliphatic rings. The number of aliphatic carboxylic acids is 1. The van der Waals surface area contributed by atoms with Gasteiger partial charge in [0, 0.05) is 0 Å². The van der Waals surface area contributed by atoms with Crippen LogP contribution in [0.15, 0.2) is 16.6 Å². The Labute approximate surface area is 115 Å². The minimum absolute atomic E-state index is 0.0948. The molecule has 19 heavy (non-hydrogen) atoms. The van der Waals surface area contributed by atoms with Gasteiger partial charge in [0.1, 0.15) is 11.8 Å². The third-order valence-electron chi connectivity index (χ3n) is 2.39. The molecule has 0 spiro atoms. The molecule has 0 fully saturated rings. The van der Waals surface area contributed by atoms with E-state index in [1.165, 1.54) is 6.07 Å². The van der Waals surface area contributed by atoms with Crippen LogP contribution in [0.4, 0.5) is 13.2 Å². The molecule has 0 aromatic heterocycles. The smallest absolute Gasteiger partial charge is 0.420 e. The normalized spacial score (nSPS) is 13.2. The highest BCUT2D eigenvalue weighted by atomic mass is 79.9. The van der Waals surface area contributed by atoms with Gasteiger partial charge in [-0.1, -0.05) is 0 Å². The van der Waals surface area contributed by atoms with Crippen molar-refractivity contribution in [2.24, 2.45) is 5.73 Å². The van der Waals surface area contributed by atoms with Crippen molar-refractivity contribution in [3.63, 3.8) is 0 Å². The van der Waals surface area contributed by atoms with Crippen molar-refractivity contribution < 1.29 is 27.8 Å². The zero-order valence-electron chi connectivity index (χ0n) is 9.79. The predicted octanol–water partition coefficient (Wildman–Crippen LogP) is 2.43. The molecule has 1 unspecified atom stereocenters. The first-order chi connectivity index (χ1) is 8.66. The van der Waals surface area contributed by atoms with Gasteiger partial charge in [-0.25, -0.2) is 0 Å². The summed E-state index contributed by atoms with van der Waals surface area (Å²) in [5.74, 6) is -1.62. The standard InChI is InChI=1S/C11H11BrF3NO3/c1-19-9-6(11(13,14)15)2-5(3-7(9)12)4-8(16)10(17)18/h2-3,8H,4,16H2,1H3,(H,17,18). The third kappa shape index (κ3) is 3.84. The van der Waals surface area contributed by atoms with E-state index in [-0.39, 0.29) is 22.2 Å². The van der Waals surface area contributed by atoms with Crippen LogP contribution < -0.4 is 10.5 Å². The molecule has 0 radical (unpaired) electrons. The van der Waals surface area contributed by atoms with Crippen molar-refractivity contribution >= 4 is 21.9 Å². The average molecular weight is 342 g/mol. The summed E-state index contributed by atoms with van der Waals surface area (Å²) in [6.45, 7) is 0. The first kappa shape index (κ1) is 15.8. The zero-order valence-corrected chi connectivity index (χ0v) is 11.4. The minimum atomic E-state index is -4.60. The number of benzene rings is 1. The fraction of sp³-hybridized carbons (Fsp3) is 0.364. The van der Waals surface area contributed by atoms with E-state index in [1.807, 2.05) is 0 Å². The van der Waals surface area contributed by atoms with Crippen LogP contribution in [0.5, 0.6) is 5.75 Å². The van der Waals surface area contributed by atoms with Crippen molar-refractivity contribution in [1.29, 1.82) is 0 Å². The highest BCUT2D eigenvalue weighted by Gasteiger charge is 2.36. The van der Waals surface area contributed by atoms with Crippen LogP contribution in [0.2, 0.25) is 0 Å². The molecule has 0 saturated carbocycles. The van der Waals surface area contributed by atoms with E-state index in [9.17, 15) is 18.0 Å². The van der Waals surface area contributed by atoms with Gasteiger partial charge in [-0.15, -0.1) is 0 Å². The number of alkyl halides is 3. The summed E-state index contributed by atoms with van der Waals surface area (Å²) < 4.78 is 43.3. The van der Waals surface area contributed by atoms with E-state index in [0.717, 1.165) is 13.2 Å². The Morgan fingerprint density at radius 3 is 2.53 bits per heavy atom. The molecular formula is C11H11BrF3NO3. The summed E-state index contributed by atoms with van der Waals surface area (Å²) in [6, 6.07) is 0.935. The summed E-state index contributed by atoms with van der Waals surface area (Å²) in [6.07, 6.45) is -4.81. The summed E-state index contributed by atoms with van der Waals surface area (Å²) >= 11 is 2.96. The Balaban J connectivity index is 3.24. The maximum Gasteiger partial charge on any atom is 0.420 e. The number of carboxylic acid groups (broad SMARTS) is 1. The first-order valence-corrected chi connectivity index (χ1v) is 5.88. The fourth-order valence-electron chi connectivity index (χ4n) is 1.53. The Morgan fingerprint density at radius 1 is 1.53 bits per heavy atom. The second-order valence-corrected chi connectivity index (χ2v) is 4.66. The first-order valence-electron chi connectivity index (χ1n) is 5.08. The van der Waals surface area contributed by atoms with E-state index < -0.39 is 23.8 Å². The Hall–Kier alpha value is -1.28. The van der Waals surface area contributed by atoms with E-state index in [4.69, 9.17) is 15.6 Å². The lowest BCUT2D eigenvalue weighted by atomic mass is 10.0. The number of methoxy groups -OCH3 is 1. The fourth-order valence-corrected chi connectivity index (χ4v) is 2.20. The number of hydrogen-bond donors (Lipinski definition) is 2. The Kier molecular flexibility index (Phi) is 4.81. The molecular weight excluding hydrogens is 331 g/mol. The Bertz CT molecular complexity index is 491. The van der Waals surface area contributed by atoms with Crippen LogP contribution in [0.1, 0.15) is 11.1 Å². The third-order valence-corrected chi connectivity index (χ3v) is 2.97. The lowest BCUT2D eigenvalue weighted by Gasteiger charge is -2.16. The van der Waals surface area contributed by atoms with Crippen molar-refractivity contribution in [3.8, 4) is 5.75 Å². The maximum atomic E-state index is 12.8. The molecule has 0 aliphatic carbocycles. The SMILES string of the molecule is COc1c(Br)cc(CC(N)C(=O)O)cc1C(F)(F)F. The van der Waals surface area contributed by atoms with Crippen LogP contribution >= 0.6 is 15.9 Å². The summed E-state index contributed by atoms with van der Waals surface area (Å²) in [7, 11) is 1.12. The Morgan fingerprint density at radius 2 is 2.11 bits per heavy atom. The molecule has 0 bridgehead atoms. The number of nitrogens with two attached hydrogens (primary N) is 1. The van der Waals surface area contributed by atoms with E-state index in [0.29, 0.717) is 0 Å². The lowest BCUT2D eigenvalue weighted by Crippen LogP contribution is -2.32. The molecule has 4 nitrogen and oxygen atoms in total. The van der Waals surface area contributed by atoms with Gasteiger partial charge in [0.15, 0.2) is 0 Å². The second-order valence-electron chi connectivity index (χ2n) is 3.81. The summed E-state index contributed by atoms with van der Waals surface area (Å²) in [4.78, 5) is 10.6. The number of rotatable bonds is 4. The molecule has 0 heterocycles. The van der Waals surface area contributed by atoms with Crippen LogP contribution in [0.25, 0.3) is 0 Å². The molecule has 0 aliphatic heterocycles. The average Bonchev–Trinajstić information content (AvgIpc) is 2.26. The number of ether oxygens (including phenoxy) is 1. The minimum Gasteiger partial charge on any atom is -0.495 e. The number of halogens is 4. The van der Waals surface area contributed by atoms with Gasteiger partial charge >= 0.3 is 12.1 Å². The van der Waals surface area contributed by atoms with Gasteiger partial charge < -0.3 is 15.6 Å². The topological polar surface area (TPSA) is 72.5 Å². The number of carbonyl (C=O) groups is 1. The van der Waals surface area contributed by atoms with Crippen molar-refractivity contribution in [1.82, 2.24) is 0 Å². The van der Waals surface area contributed by atoms with E-state index >= 15 is 0 Å². The molecule has 106 valence electrons. The summed E-state index contributed by atoms with van der Waals surface area (Å²) in [5.41, 5.74) is 4.49. The van der Waals surface area contributed by atoms with Crippen molar-refractivity contribution in [2.75, 3.05) is 7.11 Å².